The second kappa shape index (κ2) is 10.5. The number of piperidine rings is 1. The van der Waals surface area contributed by atoms with Crippen molar-refractivity contribution in [2.45, 2.75) is 52.1 Å². The quantitative estimate of drug-likeness (QED) is 0.349. The number of likely N-dealkylation sites (tertiary alicyclic amines) is 1. The lowest BCUT2D eigenvalue weighted by Gasteiger charge is -2.39. The summed E-state index contributed by atoms with van der Waals surface area (Å²) in [6, 6.07) is 16.1. The third-order valence-electron chi connectivity index (χ3n) is 6.18. The molecule has 1 unspecified atom stereocenters. The molecule has 1 aliphatic rings. The highest BCUT2D eigenvalue weighted by atomic mass is 16.5. The minimum Gasteiger partial charge on any atom is -0.487 e. The van der Waals surface area contributed by atoms with E-state index in [1.807, 2.05) is 55.5 Å². The van der Waals surface area contributed by atoms with E-state index in [9.17, 15) is 4.79 Å². The van der Waals surface area contributed by atoms with Gasteiger partial charge in [-0.2, -0.15) is 0 Å². The van der Waals surface area contributed by atoms with Gasteiger partial charge in [-0.05, 0) is 70.0 Å². The van der Waals surface area contributed by atoms with E-state index in [4.69, 9.17) is 21.7 Å². The number of benzene rings is 2. The molecule has 3 aromatic rings. The van der Waals surface area contributed by atoms with Crippen LogP contribution in [0.25, 0.3) is 11.5 Å². The van der Waals surface area contributed by atoms with Crippen molar-refractivity contribution in [3.63, 3.8) is 0 Å². The predicted octanol–water partition coefficient (Wildman–Crippen LogP) is 5.02. The van der Waals surface area contributed by atoms with Gasteiger partial charge in [0.15, 0.2) is 0 Å². The Morgan fingerprint density at radius 1 is 1.15 bits per heavy atom. The van der Waals surface area contributed by atoms with Crippen LogP contribution in [0.15, 0.2) is 52.9 Å². The fourth-order valence-corrected chi connectivity index (χ4v) is 4.23. The van der Waals surface area contributed by atoms with Crippen molar-refractivity contribution in [2.24, 2.45) is 0 Å². The Morgan fingerprint density at radius 2 is 1.88 bits per heavy atom. The van der Waals surface area contributed by atoms with Gasteiger partial charge in [0.25, 0.3) is 0 Å². The molecule has 1 fully saturated rings. The molecular weight excluding hydrogens is 427 g/mol. The zero-order valence-electron chi connectivity index (χ0n) is 20.2. The number of oxazole rings is 1. The van der Waals surface area contributed by atoms with Crippen molar-refractivity contribution < 1.29 is 18.7 Å². The van der Waals surface area contributed by atoms with Gasteiger partial charge in [-0.1, -0.05) is 29.8 Å². The summed E-state index contributed by atoms with van der Waals surface area (Å²) in [6.07, 6.45) is 1.53. The average molecular weight is 458 g/mol. The highest BCUT2D eigenvalue weighted by Gasteiger charge is 2.38. The minimum absolute atomic E-state index is 0.308. The van der Waals surface area contributed by atoms with E-state index in [0.29, 0.717) is 32.1 Å². The van der Waals surface area contributed by atoms with Gasteiger partial charge in [0.05, 0.1) is 14.5 Å². The Hall–Kier alpha value is -3.06. The first kappa shape index (κ1) is 24.1. The Bertz CT molecular complexity index is 1110. The molecule has 0 aliphatic carbocycles. The molecule has 0 amide bonds. The van der Waals surface area contributed by atoms with Crippen LogP contribution in [0.3, 0.4) is 0 Å². The summed E-state index contributed by atoms with van der Waals surface area (Å²) in [6.45, 7) is 8.57. The van der Waals surface area contributed by atoms with Gasteiger partial charge in [-0.3, -0.25) is 9.69 Å². The molecule has 1 aliphatic heterocycles. The second-order valence-electron chi connectivity index (χ2n) is 9.01. The lowest BCUT2D eigenvalue weighted by Crippen LogP contribution is -2.43. The molecule has 6 nitrogen and oxygen atoms in total. The van der Waals surface area contributed by atoms with Crippen LogP contribution in [0.4, 0.5) is 0 Å². The number of nitrogens with zero attached hydrogens (tertiary/aromatic N) is 2. The molecule has 1 aromatic heterocycles. The number of hydrogen-bond acceptors (Lipinski definition) is 6. The van der Waals surface area contributed by atoms with Crippen molar-refractivity contribution in [2.75, 3.05) is 19.7 Å². The summed E-state index contributed by atoms with van der Waals surface area (Å²) in [4.78, 5) is 19.1. The van der Waals surface area contributed by atoms with Crippen LogP contribution in [0.1, 0.15) is 42.3 Å². The van der Waals surface area contributed by atoms with Gasteiger partial charge in [-0.25, -0.2) is 4.98 Å². The van der Waals surface area contributed by atoms with Gasteiger partial charge in [0.2, 0.25) is 5.89 Å². The lowest BCUT2D eigenvalue weighted by molar-refractivity contribution is -0.148. The molecule has 0 saturated carbocycles. The molecular formula is C27H31BN2O4. The molecule has 1 atom stereocenters. The zero-order chi connectivity index (χ0) is 24.1. The van der Waals surface area contributed by atoms with E-state index in [2.05, 4.69) is 16.8 Å². The summed E-state index contributed by atoms with van der Waals surface area (Å²) in [5.41, 5.74) is 4.07. The van der Waals surface area contributed by atoms with E-state index in [1.54, 1.807) is 6.92 Å². The van der Waals surface area contributed by atoms with Crippen molar-refractivity contribution in [1.29, 1.82) is 0 Å². The first-order valence-electron chi connectivity index (χ1n) is 11.8. The molecule has 0 spiro atoms. The van der Waals surface area contributed by atoms with Crippen molar-refractivity contribution in [1.82, 2.24) is 9.88 Å². The number of rotatable bonds is 8. The van der Waals surface area contributed by atoms with Crippen LogP contribution in [-0.2, 0) is 22.7 Å². The monoisotopic (exact) mass is 458 g/mol. The molecule has 1 saturated heterocycles. The van der Waals surface area contributed by atoms with E-state index in [1.165, 1.54) is 5.56 Å². The van der Waals surface area contributed by atoms with Gasteiger partial charge >= 0.3 is 5.97 Å². The first-order valence-corrected chi connectivity index (χ1v) is 11.8. The third kappa shape index (κ3) is 5.71. The summed E-state index contributed by atoms with van der Waals surface area (Å²) < 4.78 is 17.0. The average Bonchev–Trinajstić information content (AvgIpc) is 3.20. The summed E-state index contributed by atoms with van der Waals surface area (Å²) in [7, 11) is 6.36. The maximum absolute atomic E-state index is 12.3. The first-order chi connectivity index (χ1) is 16.4. The molecule has 4 rings (SSSR count). The van der Waals surface area contributed by atoms with Crippen molar-refractivity contribution in [3.05, 3.63) is 71.1 Å². The summed E-state index contributed by atoms with van der Waals surface area (Å²) in [5.74, 6) is 1.81. The topological polar surface area (TPSA) is 64.8 Å². The van der Waals surface area contributed by atoms with E-state index in [0.717, 1.165) is 47.8 Å². The maximum Gasteiger partial charge on any atom is 0.304 e. The fraction of sp³-hybridized carbons (Fsp3) is 0.407. The van der Waals surface area contributed by atoms with Crippen molar-refractivity contribution in [3.8, 4) is 17.2 Å². The van der Waals surface area contributed by atoms with Gasteiger partial charge < -0.3 is 13.9 Å². The minimum atomic E-state index is -0.926. The van der Waals surface area contributed by atoms with E-state index in [-0.39, 0.29) is 5.97 Å². The molecule has 0 bridgehead atoms. The largest absolute Gasteiger partial charge is 0.487 e. The highest BCUT2D eigenvalue weighted by Crippen LogP contribution is 2.35. The van der Waals surface area contributed by atoms with Gasteiger partial charge in [-0.15, -0.1) is 0 Å². The number of hydrogen-bond donors (Lipinski definition) is 0. The number of carbonyl (C=O) groups is 1. The lowest BCUT2D eigenvalue weighted by atomic mass is 9.64. The SMILES string of the molecule is [B]C1(C(=O)OCC)CCCN(Cc2ccc(OCc3nc(-c4ccc(C)cc4)oc3C)cc2)C1. The molecule has 2 aromatic carbocycles. The number of carbonyl (C=O) groups excluding carboxylic acids is 1. The molecule has 7 heteroatoms. The standard InChI is InChI=1S/C27H31BN2O4/c1-4-32-26(31)27(28)14-5-15-30(18-27)16-21-8-12-23(13-9-21)33-17-24-20(3)34-25(29-24)22-10-6-19(2)7-11-22/h6-13H,4-5,14-18H2,1-3H3. The van der Waals surface area contributed by atoms with Gasteiger partial charge in [0.1, 0.15) is 23.8 Å². The summed E-state index contributed by atoms with van der Waals surface area (Å²) >= 11 is 0. The second-order valence-corrected chi connectivity index (χ2v) is 9.01. The smallest absolute Gasteiger partial charge is 0.304 e. The van der Waals surface area contributed by atoms with E-state index < -0.39 is 5.31 Å². The van der Waals surface area contributed by atoms with Gasteiger partial charge in [0, 0.05) is 24.0 Å². The Kier molecular flexibility index (Phi) is 7.42. The van der Waals surface area contributed by atoms with Crippen LogP contribution >= 0.6 is 0 Å². The van der Waals surface area contributed by atoms with Crippen LogP contribution in [-0.4, -0.2) is 43.4 Å². The molecule has 34 heavy (non-hydrogen) atoms. The highest BCUT2D eigenvalue weighted by molar-refractivity contribution is 6.27. The Balaban J connectivity index is 1.33. The van der Waals surface area contributed by atoms with Crippen LogP contribution in [0, 0.1) is 13.8 Å². The maximum atomic E-state index is 12.3. The number of aromatic nitrogens is 1. The fourth-order valence-electron chi connectivity index (χ4n) is 4.23. The predicted molar refractivity (Wildman–Crippen MR) is 132 cm³/mol. The van der Waals surface area contributed by atoms with Crippen LogP contribution < -0.4 is 4.74 Å². The van der Waals surface area contributed by atoms with Crippen LogP contribution in [0.2, 0.25) is 5.31 Å². The molecule has 2 radical (unpaired) electrons. The number of esters is 1. The summed E-state index contributed by atoms with van der Waals surface area (Å²) in [5, 5.41) is -0.926. The zero-order valence-corrected chi connectivity index (χ0v) is 20.2. The van der Waals surface area contributed by atoms with E-state index >= 15 is 0 Å². The molecule has 2 heterocycles. The van der Waals surface area contributed by atoms with Crippen LogP contribution in [0.5, 0.6) is 5.75 Å². The third-order valence-corrected chi connectivity index (χ3v) is 6.18. The molecule has 176 valence electrons. The Labute approximate surface area is 202 Å². The molecule has 0 N–H and O–H groups in total. The number of aryl methyl sites for hydroxylation is 2. The van der Waals surface area contributed by atoms with Crippen molar-refractivity contribution >= 4 is 13.8 Å². The number of ether oxygens (including phenoxy) is 2. The Morgan fingerprint density at radius 3 is 2.59 bits per heavy atom. The normalized spacial score (nSPS) is 18.6.